The Morgan fingerprint density at radius 1 is 0.845 bits per heavy atom. The molecular weight excluding hydrogens is 861 g/mol. The van der Waals surface area contributed by atoms with E-state index in [0.29, 0.717) is 0 Å². The van der Waals surface area contributed by atoms with E-state index in [4.69, 9.17) is 9.47 Å². The van der Waals surface area contributed by atoms with Crippen molar-refractivity contribution in [3.05, 3.63) is 66.4 Å². The van der Waals surface area contributed by atoms with E-state index in [2.05, 4.69) is 34.8 Å². The molecule has 0 radical (unpaired) electrons. The number of phenolic OH excluding ortho intramolecular Hbond substituents is 1. The SMILES string of the molecule is COc1cc(S(=O)(=O)CCOOS(=O)[O-])c(OC)cc1N=Nc1c(S(O)(O)O)cc2ccc(N=Nc3c(C(=O)O)nn(-c4ccc(S(=O)(=O)O)cc4)c3O)cc2c1O. The van der Waals surface area contributed by atoms with Crippen molar-refractivity contribution in [2.75, 3.05) is 26.6 Å². The van der Waals surface area contributed by atoms with Crippen molar-refractivity contribution in [2.45, 2.75) is 14.7 Å². The van der Waals surface area contributed by atoms with E-state index in [-0.39, 0.29) is 39.3 Å². The van der Waals surface area contributed by atoms with Crippen LogP contribution in [0.4, 0.5) is 22.7 Å². The van der Waals surface area contributed by atoms with E-state index in [1.807, 2.05) is 0 Å². The molecule has 28 heteroatoms. The van der Waals surface area contributed by atoms with E-state index in [1.165, 1.54) is 18.2 Å². The summed E-state index contributed by atoms with van der Waals surface area (Å²) in [4.78, 5) is 14.7. The molecule has 0 aliphatic heterocycles. The highest BCUT2D eigenvalue weighted by Gasteiger charge is 2.28. The Bertz CT molecular complexity index is 2720. The second-order valence-electron chi connectivity index (χ2n) is 11.2. The summed E-state index contributed by atoms with van der Waals surface area (Å²) >= 11 is -3.06. The number of aromatic nitrogens is 2. The van der Waals surface area contributed by atoms with Crippen LogP contribution < -0.4 is 9.47 Å². The van der Waals surface area contributed by atoms with Crippen LogP contribution in [0.15, 0.2) is 95.8 Å². The highest BCUT2D eigenvalue weighted by atomic mass is 32.3. The first-order valence-electron chi connectivity index (χ1n) is 15.3. The molecule has 0 aliphatic carbocycles. The van der Waals surface area contributed by atoms with Gasteiger partial charge in [-0.1, -0.05) is 6.07 Å². The first-order chi connectivity index (χ1) is 27.2. The van der Waals surface area contributed by atoms with Crippen molar-refractivity contribution in [3.63, 3.8) is 0 Å². The van der Waals surface area contributed by atoms with Gasteiger partial charge in [0.15, 0.2) is 21.3 Å². The molecule has 310 valence electrons. The number of hydrogen-bond acceptors (Lipinski definition) is 21. The maximum Gasteiger partial charge on any atom is 0.358 e. The third kappa shape index (κ3) is 9.54. The number of hydrogen-bond donors (Lipinski definition) is 7. The molecule has 5 aromatic rings. The zero-order chi connectivity index (χ0) is 42.7. The fraction of sp³-hybridized carbons (Fsp3) is 0.133. The lowest BCUT2D eigenvalue weighted by molar-refractivity contribution is -0.196. The van der Waals surface area contributed by atoms with E-state index in [1.54, 1.807) is 0 Å². The van der Waals surface area contributed by atoms with Crippen molar-refractivity contribution in [2.24, 2.45) is 20.5 Å². The maximum absolute atomic E-state index is 13.0. The van der Waals surface area contributed by atoms with Gasteiger partial charge in [0, 0.05) is 17.5 Å². The molecule has 0 saturated heterocycles. The standard InChI is InChI=1S/C30H28N6O18S4/c1-51-21-14-23(56(43,44)10-9-53-54-55(41)42)22(52-2)13-20(21)32-33-25-24(58(48,49)50)11-15-3-4-16(12-19(15)28(25)37)31-34-26-27(30(39)40)35-36(29(26)38)17-5-7-18(8-6-17)57(45,46)47/h3-8,11-14,37-38,48-50H,9-10H2,1-2H3,(H,39,40)(H,41,42)(H,45,46,47)/p-1. The van der Waals surface area contributed by atoms with Gasteiger partial charge in [-0.2, -0.15) is 23.3 Å². The van der Waals surface area contributed by atoms with Crippen molar-refractivity contribution in [1.82, 2.24) is 9.78 Å². The van der Waals surface area contributed by atoms with Gasteiger partial charge in [-0.15, -0.1) is 19.7 Å². The number of rotatable bonds is 16. The minimum absolute atomic E-state index is 0.0245. The molecule has 0 aliphatic rings. The van der Waals surface area contributed by atoms with Gasteiger partial charge < -0.3 is 43.0 Å². The molecular formula is C30H27N6O18S4-. The number of aromatic hydroxyl groups is 2. The molecule has 1 aromatic heterocycles. The maximum atomic E-state index is 13.0. The first-order valence-corrected chi connectivity index (χ1v) is 20.9. The molecule has 1 heterocycles. The summed E-state index contributed by atoms with van der Waals surface area (Å²) < 4.78 is 125. The summed E-state index contributed by atoms with van der Waals surface area (Å²) in [5.41, 5.74) is -2.45. The highest BCUT2D eigenvalue weighted by Crippen LogP contribution is 2.55. The largest absolute Gasteiger partial charge is 0.748 e. The van der Waals surface area contributed by atoms with E-state index in [0.717, 1.165) is 61.4 Å². The van der Waals surface area contributed by atoms with Crippen LogP contribution in [0, 0.1) is 0 Å². The highest BCUT2D eigenvalue weighted by molar-refractivity contribution is 8.19. The first kappa shape index (κ1) is 43.5. The smallest absolute Gasteiger partial charge is 0.358 e. The number of aromatic carboxylic acids is 1. The Morgan fingerprint density at radius 2 is 1.50 bits per heavy atom. The predicted octanol–water partition coefficient (Wildman–Crippen LogP) is 5.33. The summed E-state index contributed by atoms with van der Waals surface area (Å²) in [6, 6.07) is 11.0. The summed E-state index contributed by atoms with van der Waals surface area (Å²) in [6.45, 7) is -0.695. The van der Waals surface area contributed by atoms with Gasteiger partial charge in [0.05, 0.1) is 47.7 Å². The van der Waals surface area contributed by atoms with Crippen LogP contribution >= 0.6 is 10.9 Å². The summed E-state index contributed by atoms with van der Waals surface area (Å²) in [7, 11) is -11.2. The molecule has 1 unspecified atom stereocenters. The van der Waals surface area contributed by atoms with Gasteiger partial charge in [-0.05, 0) is 47.9 Å². The van der Waals surface area contributed by atoms with Crippen LogP contribution in [0.1, 0.15) is 10.5 Å². The fourth-order valence-electron chi connectivity index (χ4n) is 4.99. The Morgan fingerprint density at radius 3 is 2.09 bits per heavy atom. The Hall–Kier alpha value is -5.66. The average Bonchev–Trinajstić information content (AvgIpc) is 3.49. The predicted molar refractivity (Wildman–Crippen MR) is 197 cm³/mol. The minimum atomic E-state index is -4.61. The van der Waals surface area contributed by atoms with Crippen LogP contribution in [0.3, 0.4) is 0 Å². The normalized spacial score (nSPS) is 13.4. The number of sulfone groups is 1. The monoisotopic (exact) mass is 887 g/mol. The van der Waals surface area contributed by atoms with Gasteiger partial charge in [-0.3, -0.25) is 4.55 Å². The van der Waals surface area contributed by atoms with Crippen LogP contribution in [0.2, 0.25) is 0 Å². The summed E-state index contributed by atoms with van der Waals surface area (Å²) in [5.74, 6) is -4.57. The quantitative estimate of drug-likeness (QED) is 0.0164. The van der Waals surface area contributed by atoms with Gasteiger partial charge >= 0.3 is 5.97 Å². The zero-order valence-electron chi connectivity index (χ0n) is 29.1. The molecule has 0 amide bonds. The van der Waals surface area contributed by atoms with E-state index < -0.39 is 104 Å². The topological polar surface area (TPSA) is 371 Å². The number of methoxy groups -OCH3 is 2. The lowest BCUT2D eigenvalue weighted by Crippen LogP contribution is -2.14. The number of ether oxygens (including phenoxy) is 2. The Labute approximate surface area is 329 Å². The second kappa shape index (κ2) is 17.1. The number of azo groups is 2. The number of phenols is 1. The molecule has 58 heavy (non-hydrogen) atoms. The summed E-state index contributed by atoms with van der Waals surface area (Å²) in [6.07, 6.45) is 0. The van der Waals surface area contributed by atoms with Gasteiger partial charge in [0.1, 0.15) is 50.0 Å². The number of fused-ring (bicyclic) bond motifs is 1. The van der Waals surface area contributed by atoms with Gasteiger partial charge in [0.2, 0.25) is 11.6 Å². The van der Waals surface area contributed by atoms with E-state index >= 15 is 0 Å². The van der Waals surface area contributed by atoms with Gasteiger partial charge in [0.25, 0.3) is 10.1 Å². The van der Waals surface area contributed by atoms with Crippen molar-refractivity contribution < 1.29 is 82.6 Å². The van der Waals surface area contributed by atoms with Crippen LogP contribution in [0.5, 0.6) is 23.1 Å². The number of benzene rings is 4. The third-order valence-electron chi connectivity index (χ3n) is 7.61. The minimum Gasteiger partial charge on any atom is -0.748 e. The molecule has 7 N–H and O–H groups in total. The van der Waals surface area contributed by atoms with Crippen LogP contribution in [-0.4, -0.2) is 101 Å². The number of carboxylic acid groups (broad SMARTS) is 1. The number of carbonyl (C=O) groups is 1. The summed E-state index contributed by atoms with van der Waals surface area (Å²) in [5, 5.41) is 51.2. The van der Waals surface area contributed by atoms with E-state index in [9.17, 15) is 63.9 Å². The Kier molecular flexibility index (Phi) is 12.8. The molecule has 0 bridgehead atoms. The average molecular weight is 888 g/mol. The number of carboxylic acids is 1. The third-order valence-corrected chi connectivity index (χ3v) is 11.3. The van der Waals surface area contributed by atoms with Crippen molar-refractivity contribution >= 4 is 81.7 Å². The van der Waals surface area contributed by atoms with Crippen LogP contribution in [-0.2, 0) is 40.5 Å². The van der Waals surface area contributed by atoms with Crippen molar-refractivity contribution in [3.8, 4) is 28.8 Å². The molecule has 0 fully saturated rings. The van der Waals surface area contributed by atoms with Crippen LogP contribution in [0.25, 0.3) is 16.5 Å². The lowest BCUT2D eigenvalue weighted by atomic mass is 10.1. The molecule has 0 saturated carbocycles. The molecule has 24 nitrogen and oxygen atoms in total. The second-order valence-corrected chi connectivity index (χ2v) is 16.7. The molecule has 0 spiro atoms. The van der Waals surface area contributed by atoms with Crippen molar-refractivity contribution in [1.29, 1.82) is 0 Å². The molecule has 4 aromatic carbocycles. The Balaban J connectivity index is 1.54. The number of nitrogens with zero attached hydrogens (tertiary/aromatic N) is 6. The molecule has 5 rings (SSSR count). The molecule has 1 atom stereocenters. The zero-order valence-corrected chi connectivity index (χ0v) is 32.4. The lowest BCUT2D eigenvalue weighted by Gasteiger charge is -2.22. The van der Waals surface area contributed by atoms with Gasteiger partial charge in [-0.25, -0.2) is 22.3 Å². The fourth-order valence-corrected chi connectivity index (χ4v) is 7.54.